The van der Waals surface area contributed by atoms with Crippen molar-refractivity contribution >= 4 is 17.7 Å². The average Bonchev–Trinajstić information content (AvgIpc) is 2.18. The largest absolute Gasteiger partial charge is 0.450 e. The van der Waals surface area contributed by atoms with Crippen LogP contribution in [0.4, 0.5) is 4.79 Å². The van der Waals surface area contributed by atoms with Crippen LogP contribution in [0, 0.1) is 0 Å². The van der Waals surface area contributed by atoms with Crippen LogP contribution >= 0.6 is 11.6 Å². The summed E-state index contributed by atoms with van der Waals surface area (Å²) in [6.45, 7) is 9.63. The van der Waals surface area contributed by atoms with Gasteiger partial charge in [-0.15, -0.1) is 0 Å². The monoisotopic (exact) mass is 232 g/mol. The van der Waals surface area contributed by atoms with Gasteiger partial charge in [0, 0.05) is 37.8 Å². The molecule has 15 heavy (non-hydrogen) atoms. The van der Waals surface area contributed by atoms with Crippen molar-refractivity contribution in [2.24, 2.45) is 0 Å². The number of piperazine rings is 1. The molecule has 0 radical (unpaired) electrons. The molecule has 0 aromatic carbocycles. The van der Waals surface area contributed by atoms with Crippen LogP contribution < -0.4 is 0 Å². The van der Waals surface area contributed by atoms with Gasteiger partial charge >= 0.3 is 6.09 Å². The predicted molar refractivity (Wildman–Crippen MR) is 60.0 cm³/mol. The van der Waals surface area contributed by atoms with E-state index in [0.29, 0.717) is 31.3 Å². The number of carbonyl (C=O) groups is 1. The Morgan fingerprint density at radius 3 is 2.47 bits per heavy atom. The molecule has 1 fully saturated rings. The Bertz CT molecular complexity index is 238. The highest BCUT2D eigenvalue weighted by Crippen LogP contribution is 2.07. The van der Waals surface area contributed by atoms with Gasteiger partial charge in [-0.25, -0.2) is 4.79 Å². The molecule has 0 aromatic heterocycles. The third kappa shape index (κ3) is 4.10. The third-order valence-corrected chi connectivity index (χ3v) is 2.41. The summed E-state index contributed by atoms with van der Waals surface area (Å²) >= 11 is 5.72. The number of ether oxygens (including phenoxy) is 1. The Morgan fingerprint density at radius 2 is 2.00 bits per heavy atom. The highest BCUT2D eigenvalue weighted by molar-refractivity contribution is 6.29. The Balaban J connectivity index is 2.29. The molecule has 1 saturated heterocycles. The number of amides is 1. The van der Waals surface area contributed by atoms with Crippen LogP contribution in [0.3, 0.4) is 0 Å². The molecule has 0 spiro atoms. The molecule has 1 aliphatic rings. The lowest BCUT2D eigenvalue weighted by Gasteiger charge is -2.33. The fourth-order valence-electron chi connectivity index (χ4n) is 1.55. The van der Waals surface area contributed by atoms with E-state index in [1.165, 1.54) is 0 Å². The van der Waals surface area contributed by atoms with E-state index in [9.17, 15) is 4.79 Å². The summed E-state index contributed by atoms with van der Waals surface area (Å²) in [6, 6.07) is 0. The molecule has 4 nitrogen and oxygen atoms in total. The van der Waals surface area contributed by atoms with Crippen LogP contribution in [0.2, 0.25) is 0 Å². The highest BCUT2D eigenvalue weighted by atomic mass is 35.5. The summed E-state index contributed by atoms with van der Waals surface area (Å²) in [7, 11) is 0. The first-order chi connectivity index (χ1) is 7.13. The van der Waals surface area contributed by atoms with E-state index in [4.69, 9.17) is 16.3 Å². The zero-order valence-corrected chi connectivity index (χ0v) is 9.79. The smallest absolute Gasteiger partial charge is 0.409 e. The van der Waals surface area contributed by atoms with E-state index in [-0.39, 0.29) is 6.09 Å². The maximum Gasteiger partial charge on any atom is 0.409 e. The minimum atomic E-state index is -0.221. The lowest BCUT2D eigenvalue weighted by atomic mass is 10.3. The molecular formula is C10H17ClN2O2. The molecule has 1 aliphatic heterocycles. The van der Waals surface area contributed by atoms with Gasteiger partial charge in [0.15, 0.2) is 0 Å². The first-order valence-corrected chi connectivity index (χ1v) is 5.48. The van der Waals surface area contributed by atoms with Crippen molar-refractivity contribution in [3.8, 4) is 0 Å². The maximum absolute atomic E-state index is 11.4. The Hall–Kier alpha value is -0.740. The molecule has 1 heterocycles. The van der Waals surface area contributed by atoms with Crippen LogP contribution in [0.25, 0.3) is 0 Å². The zero-order valence-electron chi connectivity index (χ0n) is 9.04. The number of carbonyl (C=O) groups excluding carboxylic acids is 1. The quantitative estimate of drug-likeness (QED) is 0.740. The summed E-state index contributed by atoms with van der Waals surface area (Å²) in [5.74, 6) is 0. The van der Waals surface area contributed by atoms with Crippen molar-refractivity contribution in [3.05, 3.63) is 11.6 Å². The van der Waals surface area contributed by atoms with Gasteiger partial charge in [0.05, 0.1) is 6.61 Å². The van der Waals surface area contributed by atoms with E-state index in [1.54, 1.807) is 4.90 Å². The normalized spacial score (nSPS) is 17.6. The Kier molecular flexibility index (Phi) is 4.91. The first kappa shape index (κ1) is 12.3. The van der Waals surface area contributed by atoms with E-state index in [2.05, 4.69) is 11.5 Å². The first-order valence-electron chi connectivity index (χ1n) is 5.10. The molecule has 0 bridgehead atoms. The van der Waals surface area contributed by atoms with Crippen LogP contribution in [0.15, 0.2) is 11.6 Å². The molecule has 0 unspecified atom stereocenters. The fourth-order valence-corrected chi connectivity index (χ4v) is 1.71. The number of rotatable bonds is 3. The lowest BCUT2D eigenvalue weighted by Crippen LogP contribution is -2.49. The van der Waals surface area contributed by atoms with Gasteiger partial charge in [-0.2, -0.15) is 0 Å². The third-order valence-electron chi connectivity index (χ3n) is 2.29. The van der Waals surface area contributed by atoms with Gasteiger partial charge in [-0.1, -0.05) is 18.2 Å². The van der Waals surface area contributed by atoms with Crippen molar-refractivity contribution < 1.29 is 9.53 Å². The highest BCUT2D eigenvalue weighted by Gasteiger charge is 2.21. The van der Waals surface area contributed by atoms with Gasteiger partial charge in [-0.3, -0.25) is 4.90 Å². The second kappa shape index (κ2) is 5.98. The number of nitrogens with zero attached hydrogens (tertiary/aromatic N) is 2. The van der Waals surface area contributed by atoms with Crippen LogP contribution in [0.5, 0.6) is 0 Å². The summed E-state index contributed by atoms with van der Waals surface area (Å²) in [6.07, 6.45) is -0.221. The molecule has 86 valence electrons. The maximum atomic E-state index is 11.4. The average molecular weight is 233 g/mol. The number of halogens is 1. The van der Waals surface area contributed by atoms with Crippen molar-refractivity contribution in [2.75, 3.05) is 39.3 Å². The van der Waals surface area contributed by atoms with Crippen LogP contribution in [-0.4, -0.2) is 55.2 Å². The molecule has 1 amide bonds. The molecule has 0 N–H and O–H groups in total. The van der Waals surface area contributed by atoms with E-state index in [1.807, 2.05) is 6.92 Å². The molecular weight excluding hydrogens is 216 g/mol. The van der Waals surface area contributed by atoms with Crippen molar-refractivity contribution in [3.63, 3.8) is 0 Å². The molecule has 0 aromatic rings. The Morgan fingerprint density at radius 1 is 1.40 bits per heavy atom. The summed E-state index contributed by atoms with van der Waals surface area (Å²) in [4.78, 5) is 15.3. The second-order valence-electron chi connectivity index (χ2n) is 3.48. The van der Waals surface area contributed by atoms with Gasteiger partial charge < -0.3 is 9.64 Å². The molecule has 1 rings (SSSR count). The van der Waals surface area contributed by atoms with E-state index in [0.717, 1.165) is 13.1 Å². The summed E-state index contributed by atoms with van der Waals surface area (Å²) in [5.41, 5.74) is 0. The number of hydrogen-bond acceptors (Lipinski definition) is 3. The molecule has 0 aliphatic carbocycles. The molecule has 5 heteroatoms. The van der Waals surface area contributed by atoms with Gasteiger partial charge in [-0.05, 0) is 6.92 Å². The molecule has 0 atom stereocenters. The predicted octanol–water partition coefficient (Wildman–Crippen LogP) is 1.51. The number of hydrogen-bond donors (Lipinski definition) is 0. The standard InChI is InChI=1S/C10H17ClN2O2/c1-3-15-10(14)13-6-4-12(5-7-13)8-9(2)11/h2-8H2,1H3. The second-order valence-corrected chi connectivity index (χ2v) is 4.01. The zero-order chi connectivity index (χ0) is 11.3. The topological polar surface area (TPSA) is 32.8 Å². The van der Waals surface area contributed by atoms with Crippen molar-refractivity contribution in [1.82, 2.24) is 9.80 Å². The Labute approximate surface area is 95.4 Å². The van der Waals surface area contributed by atoms with Crippen molar-refractivity contribution in [1.29, 1.82) is 0 Å². The molecule has 0 saturated carbocycles. The minimum absolute atomic E-state index is 0.221. The summed E-state index contributed by atoms with van der Waals surface area (Å²) < 4.78 is 4.92. The fraction of sp³-hybridized carbons (Fsp3) is 0.700. The van der Waals surface area contributed by atoms with Gasteiger partial charge in [0.2, 0.25) is 0 Å². The van der Waals surface area contributed by atoms with Crippen LogP contribution in [0.1, 0.15) is 6.92 Å². The van der Waals surface area contributed by atoms with Crippen molar-refractivity contribution in [2.45, 2.75) is 6.92 Å². The summed E-state index contributed by atoms with van der Waals surface area (Å²) in [5, 5.41) is 0.639. The van der Waals surface area contributed by atoms with E-state index >= 15 is 0 Å². The lowest BCUT2D eigenvalue weighted by molar-refractivity contribution is 0.0823. The van der Waals surface area contributed by atoms with Gasteiger partial charge in [0.1, 0.15) is 0 Å². The SMILES string of the molecule is C=C(Cl)CN1CCN(C(=O)OCC)CC1. The van der Waals surface area contributed by atoms with Crippen LogP contribution in [-0.2, 0) is 4.74 Å². The minimum Gasteiger partial charge on any atom is -0.450 e. The van der Waals surface area contributed by atoms with E-state index < -0.39 is 0 Å². The van der Waals surface area contributed by atoms with Gasteiger partial charge in [0.25, 0.3) is 0 Å².